The van der Waals surface area contributed by atoms with Gasteiger partial charge in [0.25, 0.3) is 0 Å². The Balaban J connectivity index is 0.000000123. The smallest absolute Gasteiger partial charge is 0.114 e. The molecule has 0 atom stereocenters. The summed E-state index contributed by atoms with van der Waals surface area (Å²) in [6, 6.07) is 77.9. The van der Waals surface area contributed by atoms with E-state index in [0.717, 1.165) is 22.5 Å². The molecule has 0 saturated carbocycles. The van der Waals surface area contributed by atoms with Crippen LogP contribution in [0.2, 0.25) is 0 Å². The van der Waals surface area contributed by atoms with Gasteiger partial charge in [-0.2, -0.15) is 17.2 Å². The first kappa shape index (κ1) is 49.1. The van der Waals surface area contributed by atoms with Crippen molar-refractivity contribution in [1.29, 1.82) is 0 Å². The molecule has 357 valence electrons. The minimum atomic E-state index is 0. The molecule has 0 aliphatic rings. The second-order valence-corrected chi connectivity index (χ2v) is 17.3. The average molecular weight is 1470 g/mol. The average Bonchev–Trinajstić information content (AvgIpc) is 4.27. The molecule has 15 aromatic rings. The van der Waals surface area contributed by atoms with Gasteiger partial charge in [0.1, 0.15) is 12.6 Å². The van der Waals surface area contributed by atoms with E-state index in [2.05, 4.69) is 221 Å². The predicted molar refractivity (Wildman–Crippen MR) is 286 cm³/mol. The molecule has 0 amide bonds. The molecule has 73 heavy (non-hydrogen) atoms. The molecule has 0 bridgehead atoms. The molecule has 0 fully saturated rings. The Labute approximate surface area is 460 Å². The SMILES string of the molecule is Cn1cnc(-c2[c-]cc3c4ccccc4c4ccccc4c3c2)n1.[Ir].[Ir].[Ir].[c-]1cc2c3ccccc3c3ccccc3c2cc1-c1ccon1.[c-]1cc2c3ccccc3c3ccccc3c2cc1-n1cccn1. The molecule has 0 saturated heterocycles. The van der Waals surface area contributed by atoms with Gasteiger partial charge in [-0.1, -0.05) is 183 Å². The third-order valence-corrected chi connectivity index (χ3v) is 13.3. The van der Waals surface area contributed by atoms with E-state index in [-0.39, 0.29) is 60.3 Å². The number of fused-ring (bicyclic) bond motifs is 18. The van der Waals surface area contributed by atoms with E-state index in [9.17, 15) is 0 Å². The van der Waals surface area contributed by atoms with E-state index >= 15 is 0 Å². The minimum absolute atomic E-state index is 0. The Hall–Kier alpha value is -7.51. The molecule has 0 unspecified atom stereocenters. The fourth-order valence-corrected chi connectivity index (χ4v) is 10.2. The van der Waals surface area contributed by atoms with E-state index in [1.807, 2.05) is 30.1 Å². The summed E-state index contributed by atoms with van der Waals surface area (Å²) in [6.45, 7) is 0. The van der Waals surface area contributed by atoms with E-state index in [1.54, 1.807) is 23.5 Å². The Kier molecular flexibility index (Phi) is 14.1. The molecule has 12 aromatic carbocycles. The molecule has 0 aliphatic carbocycles. The minimum Gasteiger partial charge on any atom is -0.375 e. The normalized spacial score (nSPS) is 11.0. The summed E-state index contributed by atoms with van der Waals surface area (Å²) in [4.78, 5) is 4.36. The second kappa shape index (κ2) is 20.9. The summed E-state index contributed by atoms with van der Waals surface area (Å²) in [7, 11) is 1.88. The number of nitrogens with zero attached hydrogens (tertiary/aromatic N) is 6. The molecule has 0 aliphatic heterocycles. The van der Waals surface area contributed by atoms with Crippen LogP contribution in [0.1, 0.15) is 0 Å². The zero-order valence-corrected chi connectivity index (χ0v) is 46.1. The van der Waals surface area contributed by atoms with Gasteiger partial charge in [-0.15, -0.1) is 69.5 Å². The monoisotopic (exact) mass is 1470 g/mol. The molecule has 0 N–H and O–H groups in total. The van der Waals surface area contributed by atoms with Crippen molar-refractivity contribution in [2.45, 2.75) is 0 Å². The number of hydrogen-bond acceptors (Lipinski definition) is 5. The van der Waals surface area contributed by atoms with Crippen molar-refractivity contribution in [3.63, 3.8) is 0 Å². The van der Waals surface area contributed by atoms with E-state index in [0.29, 0.717) is 5.82 Å². The number of aryl methyl sites for hydroxylation is 1. The molecular weight excluding hydrogens is 1430 g/mol. The summed E-state index contributed by atoms with van der Waals surface area (Å²) in [5.74, 6) is 0.705. The Bertz CT molecular complexity index is 4160. The second-order valence-electron chi connectivity index (χ2n) is 17.3. The van der Waals surface area contributed by atoms with Crippen LogP contribution >= 0.6 is 0 Å². The predicted octanol–water partition coefficient (Wildman–Crippen LogP) is 15.5. The summed E-state index contributed by atoms with van der Waals surface area (Å²) in [6.07, 6.45) is 7.04. The third-order valence-electron chi connectivity index (χ3n) is 13.3. The number of aromatic nitrogens is 6. The first-order chi connectivity index (χ1) is 34.6. The molecule has 15 rings (SSSR count). The summed E-state index contributed by atoms with van der Waals surface area (Å²) < 4.78 is 8.53. The van der Waals surface area contributed by atoms with Crippen LogP contribution in [0.3, 0.4) is 0 Å². The fraction of sp³-hybridized carbons (Fsp3) is 0.0159. The first-order valence-corrected chi connectivity index (χ1v) is 23.2. The number of rotatable bonds is 3. The van der Waals surface area contributed by atoms with Crippen LogP contribution < -0.4 is 0 Å². The zero-order chi connectivity index (χ0) is 46.5. The first-order valence-electron chi connectivity index (χ1n) is 23.2. The van der Waals surface area contributed by atoms with Gasteiger partial charge >= 0.3 is 0 Å². The third kappa shape index (κ3) is 8.87. The quantitative estimate of drug-likeness (QED) is 0.130. The Morgan fingerprint density at radius 3 is 1.18 bits per heavy atom. The summed E-state index contributed by atoms with van der Waals surface area (Å²) >= 11 is 0. The Morgan fingerprint density at radius 1 is 0.411 bits per heavy atom. The topological polar surface area (TPSA) is 74.6 Å². The van der Waals surface area contributed by atoms with Gasteiger partial charge < -0.3 is 4.52 Å². The van der Waals surface area contributed by atoms with Crippen LogP contribution in [0.25, 0.3) is 125 Å². The van der Waals surface area contributed by atoms with Crippen molar-refractivity contribution < 1.29 is 64.8 Å². The van der Waals surface area contributed by atoms with Crippen LogP contribution in [0, 0.1) is 18.2 Å². The van der Waals surface area contributed by atoms with E-state index in [1.165, 1.54) is 97.0 Å². The number of benzene rings is 12. The molecular formula is C63H39Ir3N6O-3. The van der Waals surface area contributed by atoms with Gasteiger partial charge in [-0.25, -0.2) is 5.10 Å². The van der Waals surface area contributed by atoms with Gasteiger partial charge in [0, 0.05) is 85.5 Å². The van der Waals surface area contributed by atoms with Gasteiger partial charge in [-0.05, 0) is 66.3 Å². The van der Waals surface area contributed by atoms with E-state index in [4.69, 9.17) is 4.52 Å². The van der Waals surface area contributed by atoms with Crippen molar-refractivity contribution in [2.75, 3.05) is 0 Å². The standard InChI is InChI=1S/C21H14N3.C21H13N2.C21H12NO.3Ir/c1-24-13-22-21(23-24)14-10-11-19-17-8-3-2-6-15(17)16-7-4-5-9-18(16)20(19)12-14;1-2-8-18-16(6-1)17-7-3-4-9-19(17)21-14-15(10-11-20(18)21)23-13-5-12-22-23;1-2-7-17-15(5-1)16-6-3-4-8-18(16)20-13-14(9-10-19(17)20)21-11-12-23-22-21;;;/h2-9,11-13H,1H3;1-9,11-14H;1-8,10-13H;;;/q3*-1;;;. The fourth-order valence-electron chi connectivity index (χ4n) is 10.2. The van der Waals surface area contributed by atoms with Gasteiger partial charge in [0.2, 0.25) is 0 Å². The largest absolute Gasteiger partial charge is 0.375 e. The van der Waals surface area contributed by atoms with Gasteiger partial charge in [-0.3, -0.25) is 14.3 Å². The van der Waals surface area contributed by atoms with Crippen molar-refractivity contribution in [3.8, 4) is 28.3 Å². The zero-order valence-electron chi connectivity index (χ0n) is 38.9. The van der Waals surface area contributed by atoms with Crippen LogP contribution in [-0.4, -0.2) is 29.7 Å². The van der Waals surface area contributed by atoms with Crippen molar-refractivity contribution in [1.82, 2.24) is 29.7 Å². The molecule has 10 heteroatoms. The van der Waals surface area contributed by atoms with Crippen molar-refractivity contribution in [3.05, 3.63) is 237 Å². The van der Waals surface area contributed by atoms with Crippen LogP contribution in [0.4, 0.5) is 0 Å². The maximum absolute atomic E-state index is 4.97. The van der Waals surface area contributed by atoms with Crippen LogP contribution in [0.5, 0.6) is 0 Å². The molecule has 7 nitrogen and oxygen atoms in total. The number of hydrogen-bond donors (Lipinski definition) is 0. The molecule has 3 radical (unpaired) electrons. The van der Waals surface area contributed by atoms with Crippen LogP contribution in [0.15, 0.2) is 224 Å². The van der Waals surface area contributed by atoms with Crippen molar-refractivity contribution >= 4 is 97.0 Å². The molecule has 3 heterocycles. The van der Waals surface area contributed by atoms with Crippen LogP contribution in [-0.2, 0) is 67.4 Å². The maximum Gasteiger partial charge on any atom is 0.114 e. The van der Waals surface area contributed by atoms with E-state index < -0.39 is 0 Å². The van der Waals surface area contributed by atoms with Gasteiger partial charge in [0.05, 0.1) is 5.82 Å². The van der Waals surface area contributed by atoms with Gasteiger partial charge in [0.15, 0.2) is 0 Å². The molecule has 3 aromatic heterocycles. The van der Waals surface area contributed by atoms with Crippen molar-refractivity contribution in [2.24, 2.45) is 7.05 Å². The summed E-state index contributed by atoms with van der Waals surface area (Å²) in [5, 5.41) is 35.3. The Morgan fingerprint density at radius 2 is 0.795 bits per heavy atom. The molecule has 0 spiro atoms. The maximum atomic E-state index is 4.97. The summed E-state index contributed by atoms with van der Waals surface area (Å²) in [5.41, 5.74) is 3.64.